The predicted octanol–water partition coefficient (Wildman–Crippen LogP) is 2.95. The molecule has 1 aliphatic rings. The summed E-state index contributed by atoms with van der Waals surface area (Å²) in [7, 11) is 0. The summed E-state index contributed by atoms with van der Waals surface area (Å²) in [6.45, 7) is 1.28. The van der Waals surface area contributed by atoms with Crippen LogP contribution in [0.2, 0.25) is 0 Å². The highest BCUT2D eigenvalue weighted by atomic mass is 19.2. The van der Waals surface area contributed by atoms with Crippen LogP contribution in [0.1, 0.15) is 30.9 Å². The Morgan fingerprint density at radius 3 is 2.28 bits per heavy atom. The van der Waals surface area contributed by atoms with Gasteiger partial charge in [0, 0.05) is 13.2 Å². The van der Waals surface area contributed by atoms with Crippen LogP contribution in [-0.2, 0) is 4.74 Å². The van der Waals surface area contributed by atoms with Gasteiger partial charge in [0.2, 0.25) is 0 Å². The van der Waals surface area contributed by atoms with Crippen LogP contribution in [0.4, 0.5) is 13.2 Å². The van der Waals surface area contributed by atoms with Crippen molar-refractivity contribution in [1.29, 1.82) is 0 Å². The molecule has 1 N–H and O–H groups in total. The van der Waals surface area contributed by atoms with Gasteiger partial charge in [-0.3, -0.25) is 0 Å². The predicted molar refractivity (Wildman–Crippen MR) is 59.4 cm³/mol. The third kappa shape index (κ3) is 3.03. The molecular weight excluding hydrogens is 245 g/mol. The van der Waals surface area contributed by atoms with E-state index in [0.717, 1.165) is 25.0 Å². The fraction of sp³-hybridized carbons (Fsp3) is 0.538. The molecule has 2 nitrogen and oxygen atoms in total. The van der Waals surface area contributed by atoms with E-state index in [1.54, 1.807) is 0 Å². The first-order valence-corrected chi connectivity index (χ1v) is 5.98. The Labute approximate surface area is 103 Å². The highest BCUT2D eigenvalue weighted by Crippen LogP contribution is 2.28. The monoisotopic (exact) mass is 260 g/mol. The Morgan fingerprint density at radius 1 is 1.17 bits per heavy atom. The van der Waals surface area contributed by atoms with Gasteiger partial charge in [0.05, 0.1) is 6.10 Å². The molecule has 5 heteroatoms. The zero-order valence-electron chi connectivity index (χ0n) is 9.83. The first-order chi connectivity index (χ1) is 8.58. The summed E-state index contributed by atoms with van der Waals surface area (Å²) < 4.78 is 44.0. The van der Waals surface area contributed by atoms with Crippen molar-refractivity contribution in [2.75, 3.05) is 13.2 Å². The van der Waals surface area contributed by atoms with Crippen LogP contribution in [0, 0.1) is 23.4 Å². The van der Waals surface area contributed by atoms with Gasteiger partial charge < -0.3 is 9.84 Å². The Kier molecular flexibility index (Phi) is 4.24. The summed E-state index contributed by atoms with van der Waals surface area (Å²) in [5.74, 6) is -3.77. The van der Waals surface area contributed by atoms with Crippen LogP contribution < -0.4 is 0 Å². The summed E-state index contributed by atoms with van der Waals surface area (Å²) in [6.07, 6.45) is 1.08. The van der Waals surface area contributed by atoms with E-state index in [9.17, 15) is 18.3 Å². The lowest BCUT2D eigenvalue weighted by Gasteiger charge is -2.24. The summed E-state index contributed by atoms with van der Waals surface area (Å²) in [6, 6.07) is 1.70. The molecule has 0 saturated carbocycles. The second-order valence-corrected chi connectivity index (χ2v) is 4.61. The van der Waals surface area contributed by atoms with Crippen molar-refractivity contribution in [1.82, 2.24) is 0 Å². The normalized spacial score (nSPS) is 18.9. The highest BCUT2D eigenvalue weighted by molar-refractivity contribution is 5.21. The lowest BCUT2D eigenvalue weighted by atomic mass is 9.91. The van der Waals surface area contributed by atoms with E-state index >= 15 is 0 Å². The summed E-state index contributed by atoms with van der Waals surface area (Å²) in [5.41, 5.74) is 0.0814. The fourth-order valence-electron chi connectivity index (χ4n) is 2.20. The van der Waals surface area contributed by atoms with E-state index in [1.807, 2.05) is 0 Å². The minimum absolute atomic E-state index is 0.0814. The number of rotatable bonds is 3. The van der Waals surface area contributed by atoms with E-state index in [0.29, 0.717) is 19.6 Å². The largest absolute Gasteiger partial charge is 0.388 e. The number of benzene rings is 1. The Morgan fingerprint density at radius 2 is 1.72 bits per heavy atom. The van der Waals surface area contributed by atoms with E-state index in [2.05, 4.69) is 0 Å². The van der Waals surface area contributed by atoms with Crippen LogP contribution in [0.15, 0.2) is 12.1 Å². The van der Waals surface area contributed by atoms with Gasteiger partial charge in [-0.05, 0) is 42.9 Å². The first-order valence-electron chi connectivity index (χ1n) is 5.98. The van der Waals surface area contributed by atoms with Crippen molar-refractivity contribution in [3.8, 4) is 0 Å². The topological polar surface area (TPSA) is 29.5 Å². The minimum Gasteiger partial charge on any atom is -0.388 e. The van der Waals surface area contributed by atoms with Gasteiger partial charge in [0.25, 0.3) is 0 Å². The molecule has 1 saturated heterocycles. The molecule has 0 spiro atoms. The van der Waals surface area contributed by atoms with Crippen molar-refractivity contribution in [3.63, 3.8) is 0 Å². The second kappa shape index (κ2) is 5.71. The summed E-state index contributed by atoms with van der Waals surface area (Å²) in [5, 5.41) is 9.92. The van der Waals surface area contributed by atoms with E-state index in [1.165, 1.54) is 0 Å². The molecule has 0 aliphatic carbocycles. The number of aliphatic hydroxyl groups excluding tert-OH is 1. The van der Waals surface area contributed by atoms with Gasteiger partial charge in [0.1, 0.15) is 0 Å². The highest BCUT2D eigenvalue weighted by Gasteiger charge is 2.21. The molecule has 100 valence electrons. The quantitative estimate of drug-likeness (QED) is 0.847. The maximum Gasteiger partial charge on any atom is 0.194 e. The van der Waals surface area contributed by atoms with Crippen molar-refractivity contribution in [3.05, 3.63) is 35.1 Å². The minimum atomic E-state index is -1.50. The van der Waals surface area contributed by atoms with Crippen molar-refractivity contribution < 1.29 is 23.0 Å². The molecule has 18 heavy (non-hydrogen) atoms. The lowest BCUT2D eigenvalue weighted by Crippen LogP contribution is -2.18. The Bertz CT molecular complexity index is 394. The van der Waals surface area contributed by atoms with Gasteiger partial charge in [0.15, 0.2) is 17.5 Å². The summed E-state index contributed by atoms with van der Waals surface area (Å²) >= 11 is 0. The van der Waals surface area contributed by atoms with Crippen LogP contribution in [0.3, 0.4) is 0 Å². The molecule has 0 amide bonds. The number of hydrogen-bond acceptors (Lipinski definition) is 2. The van der Waals surface area contributed by atoms with Gasteiger partial charge >= 0.3 is 0 Å². The van der Waals surface area contributed by atoms with Gasteiger partial charge in [-0.25, -0.2) is 13.2 Å². The fourth-order valence-corrected chi connectivity index (χ4v) is 2.20. The molecule has 1 aromatic rings. The second-order valence-electron chi connectivity index (χ2n) is 4.61. The van der Waals surface area contributed by atoms with Crippen LogP contribution in [0.5, 0.6) is 0 Å². The van der Waals surface area contributed by atoms with E-state index < -0.39 is 23.6 Å². The van der Waals surface area contributed by atoms with E-state index in [-0.39, 0.29) is 11.5 Å². The van der Waals surface area contributed by atoms with Crippen LogP contribution in [-0.4, -0.2) is 18.3 Å². The zero-order chi connectivity index (χ0) is 13.1. The van der Waals surface area contributed by atoms with Crippen molar-refractivity contribution in [2.24, 2.45) is 5.92 Å². The van der Waals surface area contributed by atoms with Gasteiger partial charge in [-0.15, -0.1) is 0 Å². The molecule has 0 bridgehead atoms. The maximum atomic E-state index is 13.0. The van der Waals surface area contributed by atoms with E-state index in [4.69, 9.17) is 4.74 Å². The SMILES string of the molecule is OC(CC1CCOCC1)c1cc(F)c(F)c(F)c1. The smallest absolute Gasteiger partial charge is 0.194 e. The molecule has 0 radical (unpaired) electrons. The molecule has 1 atom stereocenters. The zero-order valence-corrected chi connectivity index (χ0v) is 9.83. The Balaban J connectivity index is 2.06. The molecule has 2 rings (SSSR count). The molecular formula is C13H15F3O2. The standard InChI is InChI=1S/C13H15F3O2/c14-10-6-9(7-11(15)13(10)16)12(17)5-8-1-3-18-4-2-8/h6-8,12,17H,1-5H2. The third-order valence-corrected chi connectivity index (χ3v) is 3.29. The van der Waals surface area contributed by atoms with Crippen LogP contribution >= 0.6 is 0 Å². The van der Waals surface area contributed by atoms with Crippen LogP contribution in [0.25, 0.3) is 0 Å². The molecule has 1 unspecified atom stereocenters. The summed E-state index contributed by atoms with van der Waals surface area (Å²) in [4.78, 5) is 0. The van der Waals surface area contributed by atoms with Gasteiger partial charge in [-0.1, -0.05) is 0 Å². The number of aliphatic hydroxyl groups is 1. The molecule has 0 aromatic heterocycles. The van der Waals surface area contributed by atoms with Crippen molar-refractivity contribution in [2.45, 2.75) is 25.4 Å². The third-order valence-electron chi connectivity index (χ3n) is 3.29. The molecule has 1 heterocycles. The average Bonchev–Trinajstić information content (AvgIpc) is 2.36. The average molecular weight is 260 g/mol. The molecule has 1 aromatic carbocycles. The van der Waals surface area contributed by atoms with Crippen molar-refractivity contribution >= 4 is 0 Å². The first kappa shape index (κ1) is 13.4. The van der Waals surface area contributed by atoms with Gasteiger partial charge in [-0.2, -0.15) is 0 Å². The molecule has 1 fully saturated rings. The Hall–Kier alpha value is -1.07. The maximum absolute atomic E-state index is 13.0. The molecule has 1 aliphatic heterocycles. The lowest BCUT2D eigenvalue weighted by molar-refractivity contribution is 0.0433. The number of halogens is 3. The number of ether oxygens (including phenoxy) is 1. The number of hydrogen-bond donors (Lipinski definition) is 1.